The van der Waals surface area contributed by atoms with Crippen LogP contribution in [-0.4, -0.2) is 16.8 Å². The molecule has 1 heterocycles. The molecule has 0 fully saturated rings. The average Bonchev–Trinajstić information content (AvgIpc) is 2.97. The molecule has 3 rings (SSSR count). The number of hydrogen-bond acceptors (Lipinski definition) is 4. The summed E-state index contributed by atoms with van der Waals surface area (Å²) in [6, 6.07) is 10.3. The van der Waals surface area contributed by atoms with Gasteiger partial charge in [0.15, 0.2) is 0 Å². The van der Waals surface area contributed by atoms with Crippen LogP contribution in [-0.2, 0) is 0 Å². The summed E-state index contributed by atoms with van der Waals surface area (Å²) in [5.41, 5.74) is 7.10. The molecule has 8 heteroatoms. The molecule has 0 spiro atoms. The second-order valence-electron chi connectivity index (χ2n) is 5.45. The van der Waals surface area contributed by atoms with Gasteiger partial charge < -0.3 is 11.1 Å². The predicted octanol–water partition coefficient (Wildman–Crippen LogP) is 4.26. The van der Waals surface area contributed by atoms with Crippen LogP contribution in [0.25, 0.3) is 10.6 Å². The van der Waals surface area contributed by atoms with Crippen molar-refractivity contribution in [2.24, 2.45) is 5.73 Å². The number of nitrogens with two attached hydrogens (primary N) is 1. The van der Waals surface area contributed by atoms with Crippen molar-refractivity contribution in [1.29, 1.82) is 0 Å². The maximum Gasteiger partial charge on any atom is 0.267 e. The molecule has 0 bridgehead atoms. The van der Waals surface area contributed by atoms with Gasteiger partial charge in [0, 0.05) is 11.3 Å². The van der Waals surface area contributed by atoms with Gasteiger partial charge in [0.2, 0.25) is 5.91 Å². The highest BCUT2D eigenvalue weighted by molar-refractivity contribution is 7.17. The van der Waals surface area contributed by atoms with E-state index in [1.54, 1.807) is 25.1 Å². The normalized spacial score (nSPS) is 10.6. The zero-order valence-corrected chi connectivity index (χ0v) is 15.1. The Labute approximate surface area is 157 Å². The summed E-state index contributed by atoms with van der Waals surface area (Å²) in [6.45, 7) is 1.72. The lowest BCUT2D eigenvalue weighted by molar-refractivity contribution is 0.0998. The van der Waals surface area contributed by atoms with Crippen LogP contribution in [0.5, 0.6) is 0 Å². The van der Waals surface area contributed by atoms with Crippen LogP contribution in [0.2, 0.25) is 5.02 Å². The first-order valence-electron chi connectivity index (χ1n) is 7.49. The Kier molecular flexibility index (Phi) is 5.01. The van der Waals surface area contributed by atoms with Gasteiger partial charge >= 0.3 is 0 Å². The van der Waals surface area contributed by atoms with E-state index < -0.39 is 5.91 Å². The van der Waals surface area contributed by atoms with Crippen molar-refractivity contribution in [3.63, 3.8) is 0 Å². The summed E-state index contributed by atoms with van der Waals surface area (Å²) < 4.78 is 13.0. The molecule has 0 saturated carbocycles. The third-order valence-corrected chi connectivity index (χ3v) is 5.10. The van der Waals surface area contributed by atoms with Crippen molar-refractivity contribution in [2.45, 2.75) is 6.92 Å². The fraction of sp³-hybridized carbons (Fsp3) is 0.0556. The van der Waals surface area contributed by atoms with Gasteiger partial charge in [0.1, 0.15) is 15.7 Å². The fourth-order valence-electron chi connectivity index (χ4n) is 2.30. The quantitative estimate of drug-likeness (QED) is 0.699. The number of benzene rings is 2. The minimum absolute atomic E-state index is 0.156. The molecule has 0 atom stereocenters. The van der Waals surface area contributed by atoms with E-state index in [0.29, 0.717) is 21.3 Å². The maximum absolute atomic E-state index is 13.0. The van der Waals surface area contributed by atoms with Gasteiger partial charge in [-0.05, 0) is 49.4 Å². The van der Waals surface area contributed by atoms with E-state index in [1.165, 1.54) is 35.6 Å². The molecule has 132 valence electrons. The Morgan fingerprint density at radius 1 is 1.19 bits per heavy atom. The first kappa shape index (κ1) is 18.0. The molecule has 2 aromatic carbocycles. The standard InChI is InChI=1S/C18H13ClFN3O2S/c1-9-15(26-18(22-9)10-2-4-11(20)5-3-10)17(25)23-12-6-7-13(16(21)24)14(19)8-12/h2-8H,1H3,(H2,21,24)(H,23,25). The van der Waals surface area contributed by atoms with Crippen molar-refractivity contribution in [1.82, 2.24) is 4.98 Å². The van der Waals surface area contributed by atoms with E-state index in [-0.39, 0.29) is 22.3 Å². The maximum atomic E-state index is 13.0. The van der Waals surface area contributed by atoms with Gasteiger partial charge in [0.05, 0.1) is 16.3 Å². The number of carbonyl (C=O) groups is 2. The molecule has 3 N–H and O–H groups in total. The van der Waals surface area contributed by atoms with Gasteiger partial charge in [0.25, 0.3) is 5.91 Å². The van der Waals surface area contributed by atoms with Gasteiger partial charge in [-0.3, -0.25) is 9.59 Å². The highest BCUT2D eigenvalue weighted by atomic mass is 35.5. The second-order valence-corrected chi connectivity index (χ2v) is 6.86. The van der Waals surface area contributed by atoms with E-state index in [1.807, 2.05) is 0 Å². The SMILES string of the molecule is Cc1nc(-c2ccc(F)cc2)sc1C(=O)Nc1ccc(C(N)=O)c(Cl)c1. The van der Waals surface area contributed by atoms with Crippen LogP contribution in [0, 0.1) is 12.7 Å². The van der Waals surface area contributed by atoms with Crippen LogP contribution in [0.1, 0.15) is 25.7 Å². The molecule has 0 aliphatic carbocycles. The smallest absolute Gasteiger partial charge is 0.267 e. The minimum Gasteiger partial charge on any atom is -0.366 e. The molecular weight excluding hydrogens is 377 g/mol. The molecule has 3 aromatic rings. The second kappa shape index (κ2) is 7.23. The Bertz CT molecular complexity index is 1000. The molecule has 0 saturated heterocycles. The lowest BCUT2D eigenvalue weighted by atomic mass is 10.2. The van der Waals surface area contributed by atoms with Gasteiger partial charge in [-0.2, -0.15) is 0 Å². The number of aryl methyl sites for hydroxylation is 1. The Morgan fingerprint density at radius 3 is 2.50 bits per heavy atom. The van der Waals surface area contributed by atoms with Crippen molar-refractivity contribution in [2.75, 3.05) is 5.32 Å². The number of amides is 2. The van der Waals surface area contributed by atoms with Crippen LogP contribution in [0.4, 0.5) is 10.1 Å². The highest BCUT2D eigenvalue weighted by Crippen LogP contribution is 2.29. The molecule has 5 nitrogen and oxygen atoms in total. The van der Waals surface area contributed by atoms with Crippen LogP contribution in [0.3, 0.4) is 0 Å². The van der Waals surface area contributed by atoms with Crippen molar-refractivity contribution < 1.29 is 14.0 Å². The van der Waals surface area contributed by atoms with E-state index in [4.69, 9.17) is 17.3 Å². The summed E-state index contributed by atoms with van der Waals surface area (Å²) >= 11 is 7.19. The highest BCUT2D eigenvalue weighted by Gasteiger charge is 2.17. The summed E-state index contributed by atoms with van der Waals surface area (Å²) in [6.07, 6.45) is 0. The third-order valence-electron chi connectivity index (χ3n) is 3.59. The van der Waals surface area contributed by atoms with Gasteiger partial charge in [-0.15, -0.1) is 11.3 Å². The Morgan fingerprint density at radius 2 is 1.88 bits per heavy atom. The molecule has 0 radical (unpaired) electrons. The number of nitrogens with zero attached hydrogens (tertiary/aromatic N) is 1. The van der Waals surface area contributed by atoms with Crippen molar-refractivity contribution >= 4 is 40.4 Å². The number of thiazole rings is 1. The molecular formula is C18H13ClFN3O2S. The summed E-state index contributed by atoms with van der Waals surface area (Å²) in [4.78, 5) is 28.5. The van der Waals surface area contributed by atoms with Crippen LogP contribution in [0.15, 0.2) is 42.5 Å². The van der Waals surface area contributed by atoms with Crippen molar-refractivity contribution in [3.05, 3.63) is 69.4 Å². The molecule has 26 heavy (non-hydrogen) atoms. The molecule has 0 aliphatic rings. The molecule has 0 unspecified atom stereocenters. The average molecular weight is 390 g/mol. The van der Waals surface area contributed by atoms with E-state index in [0.717, 1.165) is 5.56 Å². The number of carbonyl (C=O) groups excluding carboxylic acids is 2. The number of aromatic nitrogens is 1. The van der Waals surface area contributed by atoms with Gasteiger partial charge in [-0.1, -0.05) is 11.6 Å². The van der Waals surface area contributed by atoms with Gasteiger partial charge in [-0.25, -0.2) is 9.37 Å². The number of primary amides is 1. The lowest BCUT2D eigenvalue weighted by Crippen LogP contribution is -2.14. The monoisotopic (exact) mass is 389 g/mol. The van der Waals surface area contributed by atoms with E-state index in [2.05, 4.69) is 10.3 Å². The number of anilines is 1. The fourth-order valence-corrected chi connectivity index (χ4v) is 3.54. The van der Waals surface area contributed by atoms with E-state index >= 15 is 0 Å². The molecule has 1 aromatic heterocycles. The third kappa shape index (κ3) is 3.74. The topological polar surface area (TPSA) is 85.1 Å². The predicted molar refractivity (Wildman–Crippen MR) is 100 cm³/mol. The van der Waals surface area contributed by atoms with Crippen LogP contribution < -0.4 is 11.1 Å². The Hall–Kier alpha value is -2.77. The molecule has 0 aliphatic heterocycles. The number of hydrogen-bond donors (Lipinski definition) is 2. The summed E-state index contributed by atoms with van der Waals surface area (Å²) in [5.74, 6) is -1.33. The summed E-state index contributed by atoms with van der Waals surface area (Å²) in [7, 11) is 0. The number of nitrogens with one attached hydrogen (secondary N) is 1. The summed E-state index contributed by atoms with van der Waals surface area (Å²) in [5, 5.41) is 3.49. The largest absolute Gasteiger partial charge is 0.366 e. The first-order valence-corrected chi connectivity index (χ1v) is 8.68. The Balaban J connectivity index is 1.83. The zero-order valence-electron chi connectivity index (χ0n) is 13.5. The van der Waals surface area contributed by atoms with E-state index in [9.17, 15) is 14.0 Å². The number of halogens is 2. The number of rotatable bonds is 4. The molecule has 2 amide bonds. The van der Waals surface area contributed by atoms with Crippen molar-refractivity contribution in [3.8, 4) is 10.6 Å². The minimum atomic E-state index is -0.643. The first-order chi connectivity index (χ1) is 12.3. The lowest BCUT2D eigenvalue weighted by Gasteiger charge is -2.06. The van der Waals surface area contributed by atoms with Crippen LogP contribution >= 0.6 is 22.9 Å². The zero-order chi connectivity index (χ0) is 18.8.